The summed E-state index contributed by atoms with van der Waals surface area (Å²) in [6.45, 7) is 5.41. The second-order valence-corrected chi connectivity index (χ2v) is 18.3. The number of ether oxygens (including phenoxy) is 1. The minimum Gasteiger partial charge on any atom is -0.480 e. The van der Waals surface area contributed by atoms with Crippen molar-refractivity contribution in [1.29, 1.82) is 5.26 Å². The molecule has 17 nitrogen and oxygen atoms in total. The molecule has 0 radical (unpaired) electrons. The number of anilines is 5. The monoisotopic (exact) mass is 885 g/mol. The summed E-state index contributed by atoms with van der Waals surface area (Å²) in [7, 11) is 3.50. The standard InChI is InChI=1S/C46H49F2N13O4/c1-56-34-9-5-29(19-33(34)40-41(45(56)64)65-25-46(47,48)42(54-40)27-3-4-27)51-37-21-36(52-43-28(22-49)23-50-61(37)43)60-13-11-26(12-14-60)24-58-15-17-59(18-16-58)30-6-7-31-35(20-30)57(2)55-39(31)32-8-10-38(62)53-44(32)63/h5-7,9,19-21,23,26-27,32,42,51,54H,3-4,8,10-18,24-25H2,1-2H3,(H,53,62,63)/t32?,42-/m0/s1. The van der Waals surface area contributed by atoms with Gasteiger partial charge in [0.25, 0.3) is 5.56 Å². The van der Waals surface area contributed by atoms with Crippen molar-refractivity contribution in [3.63, 3.8) is 0 Å². The Kier molecular flexibility index (Phi) is 9.90. The fourth-order valence-corrected chi connectivity index (χ4v) is 10.3. The maximum Gasteiger partial charge on any atom is 0.301 e. The fourth-order valence-electron chi connectivity index (χ4n) is 10.3. The first kappa shape index (κ1) is 40.9. The van der Waals surface area contributed by atoms with Crippen LogP contribution in [0.1, 0.15) is 55.7 Å². The van der Waals surface area contributed by atoms with Crippen LogP contribution in [0.4, 0.5) is 37.5 Å². The van der Waals surface area contributed by atoms with Crippen molar-refractivity contribution in [2.75, 3.05) is 72.9 Å². The number of fused-ring (bicyclic) bond motifs is 5. The minimum absolute atomic E-state index is 0.117. The van der Waals surface area contributed by atoms with Gasteiger partial charge in [-0.05, 0) is 80.3 Å². The number of alkyl halides is 2. The molecule has 1 unspecified atom stereocenters. The van der Waals surface area contributed by atoms with Crippen molar-refractivity contribution >= 4 is 68.0 Å². The van der Waals surface area contributed by atoms with Gasteiger partial charge in [-0.3, -0.25) is 29.3 Å². The predicted molar refractivity (Wildman–Crippen MR) is 240 cm³/mol. The highest BCUT2D eigenvalue weighted by Crippen LogP contribution is 2.46. The van der Waals surface area contributed by atoms with E-state index < -0.39 is 30.0 Å². The molecule has 0 spiro atoms. The molecule has 2 aromatic carbocycles. The lowest BCUT2D eigenvalue weighted by atomic mass is 9.93. The molecule has 2 atom stereocenters. The van der Waals surface area contributed by atoms with Gasteiger partial charge in [0.05, 0.1) is 40.6 Å². The molecule has 1 aliphatic carbocycles. The molecule has 4 aliphatic heterocycles. The highest BCUT2D eigenvalue weighted by atomic mass is 19.3. The van der Waals surface area contributed by atoms with E-state index in [0.29, 0.717) is 65.2 Å². The van der Waals surface area contributed by atoms with Crippen molar-refractivity contribution in [3.8, 4) is 11.8 Å². The van der Waals surface area contributed by atoms with E-state index in [0.717, 1.165) is 86.8 Å². The van der Waals surface area contributed by atoms with E-state index >= 15 is 8.78 Å². The van der Waals surface area contributed by atoms with Crippen molar-refractivity contribution in [1.82, 2.24) is 39.2 Å². The van der Waals surface area contributed by atoms with E-state index in [2.05, 4.69) is 60.0 Å². The zero-order chi connectivity index (χ0) is 44.7. The van der Waals surface area contributed by atoms with Crippen LogP contribution in [0.3, 0.4) is 0 Å². The van der Waals surface area contributed by atoms with Crippen LogP contribution >= 0.6 is 0 Å². The molecular weight excluding hydrogens is 837 g/mol. The summed E-state index contributed by atoms with van der Waals surface area (Å²) < 4.78 is 41.0. The number of carbonyl (C=O) groups excluding carboxylic acids is 2. The smallest absolute Gasteiger partial charge is 0.301 e. The number of rotatable bonds is 8. The van der Waals surface area contributed by atoms with E-state index in [1.807, 2.05) is 29.9 Å². The molecule has 3 saturated heterocycles. The highest BCUT2D eigenvalue weighted by Gasteiger charge is 2.51. The number of hydrogen-bond donors (Lipinski definition) is 3. The molecule has 4 fully saturated rings. The molecule has 2 amide bonds. The van der Waals surface area contributed by atoms with Crippen molar-refractivity contribution < 1.29 is 23.1 Å². The van der Waals surface area contributed by atoms with Crippen LogP contribution in [0, 0.1) is 23.2 Å². The zero-order valence-electron chi connectivity index (χ0n) is 36.2. The van der Waals surface area contributed by atoms with Gasteiger partial charge in [-0.2, -0.15) is 20.0 Å². The van der Waals surface area contributed by atoms with Crippen LogP contribution in [0.15, 0.2) is 53.5 Å². The van der Waals surface area contributed by atoms with Gasteiger partial charge in [0.2, 0.25) is 17.6 Å². The predicted octanol–water partition coefficient (Wildman–Crippen LogP) is 4.86. The Hall–Kier alpha value is -6.81. The van der Waals surface area contributed by atoms with Gasteiger partial charge in [0, 0.05) is 94.5 Å². The number of aromatic nitrogens is 6. The number of halogens is 2. The topological polar surface area (TPSA) is 183 Å². The second kappa shape index (κ2) is 15.7. The number of amides is 2. The van der Waals surface area contributed by atoms with Crippen LogP contribution in [0.2, 0.25) is 0 Å². The molecule has 65 heavy (non-hydrogen) atoms. The third kappa shape index (κ3) is 7.33. The quantitative estimate of drug-likeness (QED) is 0.177. The Balaban J connectivity index is 0.765. The zero-order valence-corrected chi connectivity index (χ0v) is 36.2. The molecule has 1 saturated carbocycles. The number of piperidine rings is 2. The number of pyridine rings is 1. The summed E-state index contributed by atoms with van der Waals surface area (Å²) >= 11 is 0. The lowest BCUT2D eigenvalue weighted by Crippen LogP contribution is -2.49. The Morgan fingerprint density at radius 2 is 1.72 bits per heavy atom. The van der Waals surface area contributed by atoms with Crippen molar-refractivity contribution in [2.24, 2.45) is 25.9 Å². The summed E-state index contributed by atoms with van der Waals surface area (Å²) in [6, 6.07) is 14.8. The Morgan fingerprint density at radius 1 is 0.923 bits per heavy atom. The van der Waals surface area contributed by atoms with Gasteiger partial charge >= 0.3 is 5.92 Å². The number of piperazine rings is 1. The summed E-state index contributed by atoms with van der Waals surface area (Å²) in [6.07, 6.45) is 5.62. The normalized spacial score (nSPS) is 21.8. The van der Waals surface area contributed by atoms with Gasteiger partial charge in [0.15, 0.2) is 12.3 Å². The third-order valence-corrected chi connectivity index (χ3v) is 14.1. The SMILES string of the molecule is Cn1nc(C2CCC(=O)NC2=O)c2ccc(N3CCN(CC4CCN(c5cc(Nc6ccc7c(c6)c6c(c(=O)n7C)OCC(F)(F)[C@H](C7CC7)N6)n6ncc(C#N)c6n5)CC4)CC3)cc21. The fraction of sp³-hybridized carbons (Fsp3) is 0.457. The van der Waals surface area contributed by atoms with Gasteiger partial charge in [-0.1, -0.05) is 0 Å². The Bertz CT molecular complexity index is 3010. The number of imide groups is 1. The molecule has 336 valence electrons. The summed E-state index contributed by atoms with van der Waals surface area (Å²) in [5.74, 6) is -2.60. The average molecular weight is 886 g/mol. The van der Waals surface area contributed by atoms with Crippen molar-refractivity contribution in [3.05, 3.63) is 70.3 Å². The first-order valence-corrected chi connectivity index (χ1v) is 22.4. The number of nitrogens with one attached hydrogen (secondary N) is 3. The second-order valence-electron chi connectivity index (χ2n) is 18.3. The average Bonchev–Trinajstić information content (AvgIpc) is 4.00. The number of nitrogens with zero attached hydrogens (tertiary/aromatic N) is 10. The van der Waals surface area contributed by atoms with Gasteiger partial charge < -0.3 is 29.7 Å². The summed E-state index contributed by atoms with van der Waals surface area (Å²) in [4.78, 5) is 49.9. The molecule has 19 heteroatoms. The van der Waals surface area contributed by atoms with Crippen LogP contribution in [0.5, 0.6) is 5.75 Å². The summed E-state index contributed by atoms with van der Waals surface area (Å²) in [5.41, 5.74) is 4.55. The van der Waals surface area contributed by atoms with E-state index in [1.54, 1.807) is 17.6 Å². The summed E-state index contributed by atoms with van der Waals surface area (Å²) in [5, 5.41) is 29.7. The maximum atomic E-state index is 15.3. The van der Waals surface area contributed by atoms with Crippen LogP contribution in [-0.2, 0) is 23.7 Å². The molecule has 6 aromatic rings. The van der Waals surface area contributed by atoms with E-state index in [9.17, 15) is 19.6 Å². The first-order chi connectivity index (χ1) is 31.4. The lowest BCUT2D eigenvalue weighted by molar-refractivity contribution is -0.134. The number of hydrogen-bond acceptors (Lipinski definition) is 13. The van der Waals surface area contributed by atoms with Gasteiger partial charge in [-0.15, -0.1) is 0 Å². The number of carbonyl (C=O) groups is 2. The van der Waals surface area contributed by atoms with E-state index in [4.69, 9.17) is 14.8 Å². The van der Waals surface area contributed by atoms with E-state index in [-0.39, 0.29) is 29.2 Å². The molecular formula is C46H49F2N13O4. The molecule has 3 N–H and O–H groups in total. The van der Waals surface area contributed by atoms with Gasteiger partial charge in [-0.25, -0.2) is 13.8 Å². The largest absolute Gasteiger partial charge is 0.480 e. The number of aryl methyl sites for hydroxylation is 2. The molecule has 8 heterocycles. The maximum absolute atomic E-state index is 15.3. The molecule has 4 aromatic heterocycles. The number of benzene rings is 2. The van der Waals surface area contributed by atoms with E-state index in [1.165, 1.54) is 10.8 Å². The first-order valence-electron chi connectivity index (χ1n) is 22.4. The lowest BCUT2D eigenvalue weighted by Gasteiger charge is -2.40. The molecule has 5 aliphatic rings. The number of nitriles is 1. The van der Waals surface area contributed by atoms with Crippen LogP contribution < -0.4 is 36.0 Å². The van der Waals surface area contributed by atoms with Crippen LogP contribution in [0.25, 0.3) is 27.5 Å². The van der Waals surface area contributed by atoms with Gasteiger partial charge in [0.1, 0.15) is 23.3 Å². The molecule has 11 rings (SSSR count). The third-order valence-electron chi connectivity index (χ3n) is 14.1. The Morgan fingerprint density at radius 3 is 2.48 bits per heavy atom. The van der Waals surface area contributed by atoms with Crippen LogP contribution in [-0.4, -0.2) is 110 Å². The van der Waals surface area contributed by atoms with Crippen molar-refractivity contribution in [2.45, 2.75) is 56.4 Å². The molecule has 0 bridgehead atoms. The highest BCUT2D eigenvalue weighted by molar-refractivity contribution is 6.03. The Labute approximate surface area is 371 Å². The minimum atomic E-state index is -3.15.